The number of ether oxygens (including phenoxy) is 4. The quantitative estimate of drug-likeness (QED) is 0.407. The second kappa shape index (κ2) is 11.3. The van der Waals surface area contributed by atoms with Crippen LogP contribution >= 0.6 is 0 Å². The number of methoxy groups -OCH3 is 2. The van der Waals surface area contributed by atoms with Gasteiger partial charge >= 0.3 is 0 Å². The maximum absolute atomic E-state index is 5.49. The van der Waals surface area contributed by atoms with Gasteiger partial charge in [0, 0.05) is 27.4 Å². The summed E-state index contributed by atoms with van der Waals surface area (Å²) in [6.07, 6.45) is 3.61. The molecule has 2 atom stereocenters. The molecule has 16 heavy (non-hydrogen) atoms. The van der Waals surface area contributed by atoms with E-state index in [2.05, 4.69) is 0 Å². The number of rotatable bonds is 11. The summed E-state index contributed by atoms with van der Waals surface area (Å²) in [4.78, 5) is 0. The van der Waals surface area contributed by atoms with E-state index >= 15 is 0 Å². The lowest BCUT2D eigenvalue weighted by atomic mass is 10.3. The van der Waals surface area contributed by atoms with Crippen molar-refractivity contribution in [2.45, 2.75) is 52.1 Å². The number of hydrogen-bond donors (Lipinski definition) is 0. The molecule has 98 valence electrons. The molecule has 0 radical (unpaired) electrons. The summed E-state index contributed by atoms with van der Waals surface area (Å²) in [6.45, 7) is 5.53. The second-order valence-corrected chi connectivity index (χ2v) is 3.60. The Hall–Kier alpha value is -0.160. The van der Waals surface area contributed by atoms with Gasteiger partial charge in [-0.25, -0.2) is 0 Å². The predicted molar refractivity (Wildman–Crippen MR) is 63.3 cm³/mol. The molecule has 0 saturated carbocycles. The molecule has 0 aromatic heterocycles. The Morgan fingerprint density at radius 3 is 1.38 bits per heavy atom. The van der Waals surface area contributed by atoms with E-state index in [1.165, 1.54) is 0 Å². The van der Waals surface area contributed by atoms with E-state index in [1.807, 2.05) is 13.8 Å². The van der Waals surface area contributed by atoms with Crippen molar-refractivity contribution >= 4 is 0 Å². The molecule has 0 spiro atoms. The molecule has 0 aliphatic heterocycles. The fourth-order valence-electron chi connectivity index (χ4n) is 1.34. The summed E-state index contributed by atoms with van der Waals surface area (Å²) in [5, 5.41) is 0. The molecule has 0 rings (SSSR count). The molecule has 4 heteroatoms. The predicted octanol–water partition coefficient (Wildman–Crippen LogP) is 2.56. The van der Waals surface area contributed by atoms with Crippen molar-refractivity contribution in [2.24, 2.45) is 0 Å². The normalized spacial score (nSPS) is 15.0. The van der Waals surface area contributed by atoms with Crippen molar-refractivity contribution in [3.05, 3.63) is 0 Å². The Morgan fingerprint density at radius 1 is 0.750 bits per heavy atom. The van der Waals surface area contributed by atoms with E-state index in [-0.39, 0.29) is 12.6 Å². The standard InChI is InChI=1S/C12H26O4/c1-5-11(13-3)15-9-7-8-10-16-12(6-2)14-4/h11-12H,5-10H2,1-4H3. The van der Waals surface area contributed by atoms with Crippen LogP contribution in [0.2, 0.25) is 0 Å². The van der Waals surface area contributed by atoms with Gasteiger partial charge in [0.05, 0.1) is 0 Å². The fourth-order valence-corrected chi connectivity index (χ4v) is 1.34. The van der Waals surface area contributed by atoms with Crippen LogP contribution in [0.25, 0.3) is 0 Å². The van der Waals surface area contributed by atoms with Gasteiger partial charge in [-0.05, 0) is 25.7 Å². The van der Waals surface area contributed by atoms with Crippen LogP contribution in [0.5, 0.6) is 0 Å². The molecule has 0 amide bonds. The Kier molecular flexibility index (Phi) is 11.2. The third-order valence-electron chi connectivity index (χ3n) is 2.34. The lowest BCUT2D eigenvalue weighted by molar-refractivity contribution is -0.135. The summed E-state index contributed by atoms with van der Waals surface area (Å²) in [5.74, 6) is 0. The zero-order valence-corrected chi connectivity index (χ0v) is 11.0. The first-order valence-electron chi connectivity index (χ1n) is 6.07. The summed E-state index contributed by atoms with van der Waals surface area (Å²) >= 11 is 0. The first-order chi connectivity index (χ1) is 7.78. The smallest absolute Gasteiger partial charge is 0.156 e. The first-order valence-corrected chi connectivity index (χ1v) is 6.07. The minimum atomic E-state index is -0.0664. The minimum Gasteiger partial charge on any atom is -0.356 e. The van der Waals surface area contributed by atoms with Crippen LogP contribution in [0.3, 0.4) is 0 Å². The number of unbranched alkanes of at least 4 members (excludes halogenated alkanes) is 1. The maximum Gasteiger partial charge on any atom is 0.156 e. The first kappa shape index (κ1) is 15.8. The molecule has 0 aromatic carbocycles. The van der Waals surface area contributed by atoms with Crippen LogP contribution in [0.1, 0.15) is 39.5 Å². The fraction of sp³-hybridized carbons (Fsp3) is 1.00. The summed E-state index contributed by atoms with van der Waals surface area (Å²) in [6, 6.07) is 0. The molecule has 0 heterocycles. The summed E-state index contributed by atoms with van der Waals surface area (Å²) in [7, 11) is 3.34. The van der Waals surface area contributed by atoms with E-state index in [4.69, 9.17) is 18.9 Å². The highest BCUT2D eigenvalue weighted by atomic mass is 16.7. The van der Waals surface area contributed by atoms with Crippen molar-refractivity contribution in [2.75, 3.05) is 27.4 Å². The molecule has 0 saturated heterocycles. The topological polar surface area (TPSA) is 36.9 Å². The summed E-state index contributed by atoms with van der Waals surface area (Å²) in [5.41, 5.74) is 0. The van der Waals surface area contributed by atoms with Crippen molar-refractivity contribution < 1.29 is 18.9 Å². The SMILES string of the molecule is CCC(OC)OCCCCOC(CC)OC. The van der Waals surface area contributed by atoms with Crippen LogP contribution in [0.4, 0.5) is 0 Å². The van der Waals surface area contributed by atoms with Gasteiger partial charge in [-0.3, -0.25) is 0 Å². The van der Waals surface area contributed by atoms with Gasteiger partial charge < -0.3 is 18.9 Å². The molecule has 4 nitrogen and oxygen atoms in total. The molecule has 2 unspecified atom stereocenters. The van der Waals surface area contributed by atoms with Crippen LogP contribution in [-0.2, 0) is 18.9 Å². The average Bonchev–Trinajstić information content (AvgIpc) is 2.33. The lowest BCUT2D eigenvalue weighted by Crippen LogP contribution is -2.16. The van der Waals surface area contributed by atoms with Crippen molar-refractivity contribution in [1.29, 1.82) is 0 Å². The van der Waals surface area contributed by atoms with Crippen molar-refractivity contribution in [1.82, 2.24) is 0 Å². The molecule has 0 aliphatic carbocycles. The van der Waals surface area contributed by atoms with Gasteiger partial charge in [-0.2, -0.15) is 0 Å². The van der Waals surface area contributed by atoms with E-state index in [1.54, 1.807) is 14.2 Å². The molecule has 0 aliphatic rings. The zero-order chi connectivity index (χ0) is 12.2. The van der Waals surface area contributed by atoms with Crippen molar-refractivity contribution in [3.63, 3.8) is 0 Å². The Bertz CT molecular complexity index is 117. The molecular weight excluding hydrogens is 208 g/mol. The highest BCUT2D eigenvalue weighted by Crippen LogP contribution is 2.03. The Labute approximate surface area is 99.2 Å². The van der Waals surface area contributed by atoms with E-state index in [9.17, 15) is 0 Å². The molecule has 0 bridgehead atoms. The highest BCUT2D eigenvalue weighted by Gasteiger charge is 2.04. The van der Waals surface area contributed by atoms with Crippen LogP contribution in [0.15, 0.2) is 0 Å². The second-order valence-electron chi connectivity index (χ2n) is 3.60. The Morgan fingerprint density at radius 2 is 1.12 bits per heavy atom. The maximum atomic E-state index is 5.49. The van der Waals surface area contributed by atoms with E-state index < -0.39 is 0 Å². The van der Waals surface area contributed by atoms with Gasteiger partial charge in [0.2, 0.25) is 0 Å². The molecule has 0 fully saturated rings. The van der Waals surface area contributed by atoms with Gasteiger partial charge in [0.25, 0.3) is 0 Å². The minimum absolute atomic E-state index is 0.0664. The molecular formula is C12H26O4. The third kappa shape index (κ3) is 8.05. The highest BCUT2D eigenvalue weighted by molar-refractivity contribution is 4.43. The third-order valence-corrected chi connectivity index (χ3v) is 2.34. The van der Waals surface area contributed by atoms with Crippen LogP contribution in [-0.4, -0.2) is 40.0 Å². The van der Waals surface area contributed by atoms with E-state index in [0.717, 1.165) is 38.9 Å². The number of hydrogen-bond acceptors (Lipinski definition) is 4. The van der Waals surface area contributed by atoms with Crippen LogP contribution in [0, 0.1) is 0 Å². The lowest BCUT2D eigenvalue weighted by Gasteiger charge is -2.15. The zero-order valence-electron chi connectivity index (χ0n) is 11.0. The van der Waals surface area contributed by atoms with Gasteiger partial charge in [0.15, 0.2) is 12.6 Å². The van der Waals surface area contributed by atoms with Gasteiger partial charge in [-0.15, -0.1) is 0 Å². The van der Waals surface area contributed by atoms with Gasteiger partial charge in [-0.1, -0.05) is 13.8 Å². The summed E-state index contributed by atoms with van der Waals surface area (Å²) < 4.78 is 21.2. The van der Waals surface area contributed by atoms with Gasteiger partial charge in [0.1, 0.15) is 0 Å². The Balaban J connectivity index is 3.26. The molecule has 0 aromatic rings. The van der Waals surface area contributed by atoms with Crippen molar-refractivity contribution in [3.8, 4) is 0 Å². The van der Waals surface area contributed by atoms with Crippen LogP contribution < -0.4 is 0 Å². The largest absolute Gasteiger partial charge is 0.356 e. The monoisotopic (exact) mass is 234 g/mol. The average molecular weight is 234 g/mol. The molecule has 0 N–H and O–H groups in total. The van der Waals surface area contributed by atoms with E-state index in [0.29, 0.717) is 0 Å².